The molecule has 0 aromatic rings. The first-order valence-corrected chi connectivity index (χ1v) is 6.11. The number of aliphatic hydroxyl groups excluding tert-OH is 1. The van der Waals surface area contributed by atoms with E-state index in [1.807, 2.05) is 13.0 Å². The van der Waals surface area contributed by atoms with Crippen LogP contribution in [0.3, 0.4) is 0 Å². The molecule has 0 unspecified atom stereocenters. The van der Waals surface area contributed by atoms with E-state index in [2.05, 4.69) is 13.8 Å². The van der Waals surface area contributed by atoms with Crippen LogP contribution in [0.15, 0.2) is 23.3 Å². The smallest absolute Gasteiger partial charge is 0.181 e. The molecule has 1 N–H and O–H groups in total. The molecule has 0 radical (unpaired) electrons. The Morgan fingerprint density at radius 2 is 2.25 bits per heavy atom. The summed E-state index contributed by atoms with van der Waals surface area (Å²) in [4.78, 5) is 11.9. The van der Waals surface area contributed by atoms with Crippen LogP contribution in [0, 0.1) is 11.3 Å². The Kier molecular flexibility index (Phi) is 2.79. The van der Waals surface area contributed by atoms with Crippen LogP contribution in [-0.2, 0) is 4.79 Å². The maximum Gasteiger partial charge on any atom is 0.181 e. The van der Waals surface area contributed by atoms with Gasteiger partial charge in [-0.05, 0) is 43.8 Å². The van der Waals surface area contributed by atoms with E-state index >= 15 is 0 Å². The second-order valence-electron chi connectivity index (χ2n) is 5.19. The highest BCUT2D eigenvalue weighted by molar-refractivity contribution is 6.06. The fourth-order valence-corrected chi connectivity index (χ4v) is 3.23. The molecule has 1 saturated carbocycles. The van der Waals surface area contributed by atoms with E-state index in [1.54, 1.807) is 6.08 Å². The van der Waals surface area contributed by atoms with E-state index < -0.39 is 0 Å². The molecule has 2 heteroatoms. The van der Waals surface area contributed by atoms with Crippen LogP contribution in [0.5, 0.6) is 0 Å². The molecule has 88 valence electrons. The maximum atomic E-state index is 11.9. The van der Waals surface area contributed by atoms with E-state index in [0.717, 1.165) is 30.4 Å². The fourth-order valence-electron chi connectivity index (χ4n) is 3.23. The minimum absolute atomic E-state index is 0.125. The van der Waals surface area contributed by atoms with Gasteiger partial charge in [0, 0.05) is 5.41 Å². The van der Waals surface area contributed by atoms with Crippen LogP contribution in [0.25, 0.3) is 0 Å². The van der Waals surface area contributed by atoms with Crippen molar-refractivity contribution in [3.63, 3.8) is 0 Å². The summed E-state index contributed by atoms with van der Waals surface area (Å²) >= 11 is 0. The van der Waals surface area contributed by atoms with Crippen molar-refractivity contribution >= 4 is 5.78 Å². The quantitative estimate of drug-likeness (QED) is 0.637. The molecule has 16 heavy (non-hydrogen) atoms. The zero-order valence-electron chi connectivity index (χ0n) is 10.3. The van der Waals surface area contributed by atoms with Gasteiger partial charge in [0.25, 0.3) is 0 Å². The van der Waals surface area contributed by atoms with Crippen molar-refractivity contribution < 1.29 is 9.90 Å². The minimum atomic E-state index is -0.314. The van der Waals surface area contributed by atoms with Crippen LogP contribution >= 0.6 is 0 Å². The van der Waals surface area contributed by atoms with Gasteiger partial charge in [-0.25, -0.2) is 0 Å². The molecule has 3 atom stereocenters. The Bertz CT molecular complexity index is 378. The van der Waals surface area contributed by atoms with Gasteiger partial charge in [-0.3, -0.25) is 4.79 Å². The molecular formula is C14H20O2. The van der Waals surface area contributed by atoms with Crippen LogP contribution in [-0.4, -0.2) is 17.0 Å². The Labute approximate surface area is 97.0 Å². The first-order valence-electron chi connectivity index (χ1n) is 6.11. The monoisotopic (exact) mass is 220 g/mol. The average molecular weight is 220 g/mol. The van der Waals surface area contributed by atoms with Gasteiger partial charge >= 0.3 is 0 Å². The predicted octanol–water partition coefficient (Wildman–Crippen LogP) is 2.63. The summed E-state index contributed by atoms with van der Waals surface area (Å²) in [6, 6.07) is 0. The Morgan fingerprint density at radius 1 is 1.56 bits per heavy atom. The number of aliphatic hydroxyl groups is 1. The van der Waals surface area contributed by atoms with Crippen LogP contribution in [0.2, 0.25) is 0 Å². The standard InChI is InChI=1S/C14H20O2/c1-4-11-9(2)14(3)10(8-12(11)15)6-5-7-13(14)16/h4,8-9,13,16H,5-7H2,1-3H3/t9-,13-,14-/m0/s1. The molecule has 0 aliphatic heterocycles. The lowest BCUT2D eigenvalue weighted by atomic mass is 9.58. The van der Waals surface area contributed by atoms with E-state index in [9.17, 15) is 9.90 Å². The minimum Gasteiger partial charge on any atom is -0.392 e. The summed E-state index contributed by atoms with van der Waals surface area (Å²) in [5, 5.41) is 10.3. The number of ketones is 1. The molecule has 0 aromatic heterocycles. The summed E-state index contributed by atoms with van der Waals surface area (Å²) in [6.07, 6.45) is 6.15. The molecular weight excluding hydrogens is 200 g/mol. The number of hydrogen-bond acceptors (Lipinski definition) is 2. The largest absolute Gasteiger partial charge is 0.392 e. The molecule has 0 bridgehead atoms. The predicted molar refractivity (Wildman–Crippen MR) is 64.0 cm³/mol. The highest BCUT2D eigenvalue weighted by atomic mass is 16.3. The van der Waals surface area contributed by atoms with Crippen LogP contribution in [0.4, 0.5) is 0 Å². The first-order chi connectivity index (χ1) is 7.51. The topological polar surface area (TPSA) is 37.3 Å². The third-order valence-electron chi connectivity index (χ3n) is 4.57. The molecule has 0 aromatic carbocycles. The zero-order chi connectivity index (χ0) is 11.9. The third-order valence-corrected chi connectivity index (χ3v) is 4.57. The van der Waals surface area contributed by atoms with E-state index in [0.29, 0.717) is 0 Å². The van der Waals surface area contributed by atoms with Crippen molar-refractivity contribution in [2.45, 2.75) is 46.1 Å². The van der Waals surface area contributed by atoms with Gasteiger partial charge in [0.1, 0.15) is 0 Å². The number of hydrogen-bond donors (Lipinski definition) is 1. The van der Waals surface area contributed by atoms with Crippen LogP contribution in [0.1, 0.15) is 40.0 Å². The summed E-state index contributed by atoms with van der Waals surface area (Å²) in [5.74, 6) is 0.261. The first kappa shape index (κ1) is 11.6. The van der Waals surface area contributed by atoms with Gasteiger partial charge in [0.05, 0.1) is 6.10 Å². The molecule has 0 spiro atoms. The number of rotatable bonds is 0. The summed E-state index contributed by atoms with van der Waals surface area (Å²) in [5.41, 5.74) is 1.77. The van der Waals surface area contributed by atoms with Crippen molar-refractivity contribution in [1.29, 1.82) is 0 Å². The lowest BCUT2D eigenvalue weighted by Crippen LogP contribution is -2.46. The van der Waals surface area contributed by atoms with Gasteiger partial charge in [-0.1, -0.05) is 25.5 Å². The average Bonchev–Trinajstić information content (AvgIpc) is 2.24. The molecule has 2 aliphatic carbocycles. The number of carbonyl (C=O) groups is 1. The van der Waals surface area contributed by atoms with Crippen molar-refractivity contribution in [3.05, 3.63) is 23.3 Å². The summed E-state index contributed by atoms with van der Waals surface area (Å²) in [7, 11) is 0. The summed E-state index contributed by atoms with van der Waals surface area (Å²) in [6.45, 7) is 6.07. The zero-order valence-corrected chi connectivity index (χ0v) is 10.3. The van der Waals surface area contributed by atoms with Crippen molar-refractivity contribution in [2.75, 3.05) is 0 Å². The van der Waals surface area contributed by atoms with Gasteiger partial charge in [-0.2, -0.15) is 0 Å². The number of fused-ring (bicyclic) bond motifs is 1. The number of carbonyl (C=O) groups excluding carboxylic acids is 1. The maximum absolute atomic E-state index is 11.9. The normalized spacial score (nSPS) is 41.9. The lowest BCUT2D eigenvalue weighted by molar-refractivity contribution is -0.113. The van der Waals surface area contributed by atoms with Gasteiger partial charge in [0.2, 0.25) is 0 Å². The van der Waals surface area contributed by atoms with Crippen molar-refractivity contribution in [3.8, 4) is 0 Å². The highest BCUT2D eigenvalue weighted by Gasteiger charge is 2.48. The summed E-state index contributed by atoms with van der Waals surface area (Å²) < 4.78 is 0. The van der Waals surface area contributed by atoms with Gasteiger partial charge in [0.15, 0.2) is 5.78 Å². The molecule has 0 heterocycles. The second-order valence-corrected chi connectivity index (χ2v) is 5.19. The van der Waals surface area contributed by atoms with E-state index in [1.165, 1.54) is 0 Å². The molecule has 2 rings (SSSR count). The Hall–Kier alpha value is -0.890. The second kappa shape index (κ2) is 3.85. The molecule has 0 saturated heterocycles. The van der Waals surface area contributed by atoms with Crippen LogP contribution < -0.4 is 0 Å². The molecule has 0 amide bonds. The molecule has 2 nitrogen and oxygen atoms in total. The highest BCUT2D eigenvalue weighted by Crippen LogP contribution is 2.51. The third kappa shape index (κ3) is 1.40. The van der Waals surface area contributed by atoms with Crippen molar-refractivity contribution in [2.24, 2.45) is 11.3 Å². The Balaban J connectivity index is 2.53. The Morgan fingerprint density at radius 3 is 2.88 bits per heavy atom. The van der Waals surface area contributed by atoms with E-state index in [4.69, 9.17) is 0 Å². The van der Waals surface area contributed by atoms with Gasteiger partial charge in [-0.15, -0.1) is 0 Å². The SMILES string of the molecule is CC=C1C(=O)C=C2CCC[C@H](O)[C@@]2(C)[C@H]1C. The van der Waals surface area contributed by atoms with Gasteiger partial charge < -0.3 is 5.11 Å². The molecule has 2 aliphatic rings. The number of allylic oxidation sites excluding steroid dienone is 3. The fraction of sp³-hybridized carbons (Fsp3) is 0.643. The lowest BCUT2D eigenvalue weighted by Gasteiger charge is -2.48. The molecule has 1 fully saturated rings. The van der Waals surface area contributed by atoms with E-state index in [-0.39, 0.29) is 23.2 Å². The van der Waals surface area contributed by atoms with Crippen molar-refractivity contribution in [1.82, 2.24) is 0 Å².